The zero-order valence-corrected chi connectivity index (χ0v) is 8.84. The molecule has 0 atom stereocenters. The van der Waals surface area contributed by atoms with Crippen LogP contribution in [0.4, 0.5) is 0 Å². The number of nitrogens with zero attached hydrogens (tertiary/aromatic N) is 1. The van der Waals surface area contributed by atoms with Crippen molar-refractivity contribution < 1.29 is 0 Å². The van der Waals surface area contributed by atoms with Gasteiger partial charge in [-0.3, -0.25) is 0 Å². The summed E-state index contributed by atoms with van der Waals surface area (Å²) in [6, 6.07) is 0. The molecule has 0 amide bonds. The van der Waals surface area contributed by atoms with E-state index in [0.29, 0.717) is 0 Å². The highest BCUT2D eigenvalue weighted by molar-refractivity contribution is 4.58. The molecule has 0 spiro atoms. The average molecular weight is 172 g/mol. The molecule has 0 saturated heterocycles. The fourth-order valence-electron chi connectivity index (χ4n) is 1.27. The zero-order valence-electron chi connectivity index (χ0n) is 8.84. The minimum absolute atomic E-state index is 0.790. The van der Waals surface area contributed by atoms with E-state index in [9.17, 15) is 0 Å². The molecule has 2 nitrogen and oxygen atoms in total. The molecular weight excluding hydrogens is 148 g/mol. The second-order valence-corrected chi connectivity index (χ2v) is 3.81. The van der Waals surface area contributed by atoms with Gasteiger partial charge in [-0.05, 0) is 31.8 Å². The largest absolute Gasteiger partial charge is 0.329 e. The second kappa shape index (κ2) is 7.56. The van der Waals surface area contributed by atoms with Gasteiger partial charge in [0.2, 0.25) is 0 Å². The molecule has 0 aliphatic rings. The smallest absolute Gasteiger partial charge is 0.0105 e. The summed E-state index contributed by atoms with van der Waals surface area (Å²) >= 11 is 0. The predicted molar refractivity (Wildman–Crippen MR) is 55.2 cm³/mol. The van der Waals surface area contributed by atoms with Gasteiger partial charge in [0.15, 0.2) is 0 Å². The van der Waals surface area contributed by atoms with Crippen LogP contribution in [0, 0.1) is 5.92 Å². The van der Waals surface area contributed by atoms with Crippen molar-refractivity contribution in [3.63, 3.8) is 0 Å². The van der Waals surface area contributed by atoms with Gasteiger partial charge in [-0.2, -0.15) is 0 Å². The highest BCUT2D eigenvalue weighted by Gasteiger charge is 2.02. The molecule has 74 valence electrons. The Morgan fingerprint density at radius 3 is 2.25 bits per heavy atom. The van der Waals surface area contributed by atoms with E-state index in [4.69, 9.17) is 5.73 Å². The Bertz CT molecular complexity index is 85.8. The van der Waals surface area contributed by atoms with Gasteiger partial charge in [-0.1, -0.05) is 20.8 Å². The van der Waals surface area contributed by atoms with Gasteiger partial charge < -0.3 is 10.6 Å². The molecule has 0 radical (unpaired) electrons. The lowest BCUT2D eigenvalue weighted by atomic mass is 10.1. The quantitative estimate of drug-likeness (QED) is 0.633. The molecule has 0 saturated carbocycles. The van der Waals surface area contributed by atoms with Crippen LogP contribution in [-0.2, 0) is 0 Å². The summed E-state index contributed by atoms with van der Waals surface area (Å²) in [5, 5.41) is 0. The molecule has 2 heteroatoms. The molecule has 0 aromatic carbocycles. The summed E-state index contributed by atoms with van der Waals surface area (Å²) in [7, 11) is 0. The Hall–Kier alpha value is -0.0800. The molecule has 0 rings (SSSR count). The van der Waals surface area contributed by atoms with Gasteiger partial charge in [0.05, 0.1) is 0 Å². The third-order valence-corrected chi connectivity index (χ3v) is 2.01. The van der Waals surface area contributed by atoms with Gasteiger partial charge in [-0.15, -0.1) is 0 Å². The van der Waals surface area contributed by atoms with Gasteiger partial charge in [-0.25, -0.2) is 0 Å². The monoisotopic (exact) mass is 172 g/mol. The van der Waals surface area contributed by atoms with E-state index in [1.165, 1.54) is 25.9 Å². The van der Waals surface area contributed by atoms with Crippen molar-refractivity contribution in [1.29, 1.82) is 0 Å². The standard InChI is InChI=1S/C10H24N2/c1-4-7-12(9-6-11)8-5-10(2)3/h10H,4-9,11H2,1-3H3. The van der Waals surface area contributed by atoms with Gasteiger partial charge >= 0.3 is 0 Å². The van der Waals surface area contributed by atoms with Crippen LogP contribution < -0.4 is 5.73 Å². The highest BCUT2D eigenvalue weighted by Crippen LogP contribution is 2.01. The average Bonchev–Trinajstić information content (AvgIpc) is 2.01. The van der Waals surface area contributed by atoms with Crippen LogP contribution in [-0.4, -0.2) is 31.1 Å². The summed E-state index contributed by atoms with van der Waals surface area (Å²) < 4.78 is 0. The van der Waals surface area contributed by atoms with Gasteiger partial charge in [0, 0.05) is 13.1 Å². The van der Waals surface area contributed by atoms with Crippen molar-refractivity contribution in [2.75, 3.05) is 26.2 Å². The van der Waals surface area contributed by atoms with Crippen LogP contribution in [0.5, 0.6) is 0 Å². The summed E-state index contributed by atoms with van der Waals surface area (Å²) in [6.45, 7) is 11.0. The lowest BCUT2D eigenvalue weighted by molar-refractivity contribution is 0.264. The van der Waals surface area contributed by atoms with Crippen molar-refractivity contribution in [3.05, 3.63) is 0 Å². The minimum atomic E-state index is 0.790. The van der Waals surface area contributed by atoms with E-state index in [0.717, 1.165) is 19.0 Å². The summed E-state index contributed by atoms with van der Waals surface area (Å²) in [6.07, 6.45) is 2.53. The topological polar surface area (TPSA) is 29.3 Å². The van der Waals surface area contributed by atoms with Crippen molar-refractivity contribution in [2.24, 2.45) is 11.7 Å². The first kappa shape index (κ1) is 11.9. The maximum absolute atomic E-state index is 5.52. The highest BCUT2D eigenvalue weighted by atomic mass is 15.1. The predicted octanol–water partition coefficient (Wildman–Crippen LogP) is 1.70. The molecule has 0 heterocycles. The van der Waals surface area contributed by atoms with Crippen LogP contribution in [0.1, 0.15) is 33.6 Å². The first-order valence-corrected chi connectivity index (χ1v) is 5.13. The molecule has 0 bridgehead atoms. The van der Waals surface area contributed by atoms with E-state index in [1.807, 2.05) is 0 Å². The number of hydrogen-bond donors (Lipinski definition) is 1. The van der Waals surface area contributed by atoms with Crippen LogP contribution in [0.15, 0.2) is 0 Å². The van der Waals surface area contributed by atoms with Gasteiger partial charge in [0.1, 0.15) is 0 Å². The van der Waals surface area contributed by atoms with Gasteiger partial charge in [0.25, 0.3) is 0 Å². The van der Waals surface area contributed by atoms with Crippen LogP contribution in [0.25, 0.3) is 0 Å². The fraction of sp³-hybridized carbons (Fsp3) is 1.00. The van der Waals surface area contributed by atoms with E-state index in [-0.39, 0.29) is 0 Å². The first-order chi connectivity index (χ1) is 5.70. The van der Waals surface area contributed by atoms with Crippen molar-refractivity contribution in [1.82, 2.24) is 4.90 Å². The Morgan fingerprint density at radius 1 is 1.17 bits per heavy atom. The molecule has 0 aromatic heterocycles. The first-order valence-electron chi connectivity index (χ1n) is 5.13. The van der Waals surface area contributed by atoms with Crippen molar-refractivity contribution >= 4 is 0 Å². The normalized spacial score (nSPS) is 11.5. The Kier molecular flexibility index (Phi) is 7.51. The van der Waals surface area contributed by atoms with E-state index in [1.54, 1.807) is 0 Å². The summed E-state index contributed by atoms with van der Waals surface area (Å²) in [4.78, 5) is 2.46. The number of rotatable bonds is 7. The molecule has 0 aromatic rings. The fourth-order valence-corrected chi connectivity index (χ4v) is 1.27. The maximum Gasteiger partial charge on any atom is 0.0105 e. The Labute approximate surface area is 77.1 Å². The van der Waals surface area contributed by atoms with Crippen LogP contribution >= 0.6 is 0 Å². The number of nitrogens with two attached hydrogens (primary N) is 1. The molecule has 0 aliphatic carbocycles. The molecular formula is C10H24N2. The molecule has 12 heavy (non-hydrogen) atoms. The molecule has 0 fully saturated rings. The maximum atomic E-state index is 5.52. The van der Waals surface area contributed by atoms with Crippen molar-refractivity contribution in [3.8, 4) is 0 Å². The zero-order chi connectivity index (χ0) is 9.40. The lowest BCUT2D eigenvalue weighted by Gasteiger charge is -2.21. The van der Waals surface area contributed by atoms with E-state index >= 15 is 0 Å². The second-order valence-electron chi connectivity index (χ2n) is 3.81. The van der Waals surface area contributed by atoms with E-state index < -0.39 is 0 Å². The van der Waals surface area contributed by atoms with E-state index in [2.05, 4.69) is 25.7 Å². The summed E-state index contributed by atoms with van der Waals surface area (Å²) in [5.74, 6) is 0.808. The third kappa shape index (κ3) is 6.62. The van der Waals surface area contributed by atoms with Crippen molar-refractivity contribution in [2.45, 2.75) is 33.6 Å². The summed E-state index contributed by atoms with van der Waals surface area (Å²) in [5.41, 5.74) is 5.52. The Balaban J connectivity index is 3.48. The Morgan fingerprint density at radius 2 is 1.83 bits per heavy atom. The molecule has 2 N–H and O–H groups in total. The molecule has 0 aliphatic heterocycles. The third-order valence-electron chi connectivity index (χ3n) is 2.01. The van der Waals surface area contributed by atoms with Crippen LogP contribution in [0.2, 0.25) is 0 Å². The molecule has 0 unspecified atom stereocenters. The lowest BCUT2D eigenvalue weighted by Crippen LogP contribution is -2.31. The SMILES string of the molecule is CCCN(CCN)CCC(C)C. The van der Waals surface area contributed by atoms with Crippen LogP contribution in [0.3, 0.4) is 0 Å². The number of hydrogen-bond acceptors (Lipinski definition) is 2. The minimum Gasteiger partial charge on any atom is -0.329 e.